The van der Waals surface area contributed by atoms with E-state index in [0.717, 1.165) is 22.4 Å². The molecule has 0 aliphatic heterocycles. The van der Waals surface area contributed by atoms with Gasteiger partial charge in [0.1, 0.15) is 6.54 Å². The molecule has 0 spiro atoms. The van der Waals surface area contributed by atoms with E-state index in [9.17, 15) is 4.79 Å². The van der Waals surface area contributed by atoms with Crippen molar-refractivity contribution in [3.63, 3.8) is 0 Å². The number of aromatic nitrogens is 3. The van der Waals surface area contributed by atoms with Gasteiger partial charge in [-0.25, -0.2) is 4.68 Å². The molecule has 3 N–H and O–H groups in total. The zero-order valence-electron chi connectivity index (χ0n) is 15.0. The van der Waals surface area contributed by atoms with Gasteiger partial charge in [-0.2, -0.15) is 4.68 Å². The van der Waals surface area contributed by atoms with E-state index < -0.39 is 0 Å². The largest absolute Gasteiger partial charge is 0.366 e. The van der Waals surface area contributed by atoms with Crippen molar-refractivity contribution in [2.75, 3.05) is 11.2 Å². The number of anilines is 2. The maximum atomic E-state index is 12.7. The van der Waals surface area contributed by atoms with Crippen LogP contribution in [0.3, 0.4) is 0 Å². The van der Waals surface area contributed by atoms with Gasteiger partial charge in [-0.15, -0.1) is 5.10 Å². The van der Waals surface area contributed by atoms with E-state index in [0.29, 0.717) is 10.3 Å². The average molecular weight is 367 g/mol. The van der Waals surface area contributed by atoms with Crippen LogP contribution in [0.15, 0.2) is 42.5 Å². The minimum Gasteiger partial charge on any atom is -0.366 e. The fraction of sp³-hybridized carbons (Fsp3) is 0.211. The summed E-state index contributed by atoms with van der Waals surface area (Å²) in [5.74, 6) is 0.145. The Hall–Kier alpha value is -2.93. The van der Waals surface area contributed by atoms with Crippen molar-refractivity contribution < 1.29 is 4.79 Å². The Kier molecular flexibility index (Phi) is 4.90. The van der Waals surface area contributed by atoms with Gasteiger partial charge in [-0.1, -0.05) is 35.4 Å². The van der Waals surface area contributed by atoms with E-state index in [1.54, 1.807) is 0 Å². The van der Waals surface area contributed by atoms with E-state index in [2.05, 4.69) is 10.5 Å². The summed E-state index contributed by atoms with van der Waals surface area (Å²) in [5.41, 5.74) is 13.7. The van der Waals surface area contributed by atoms with E-state index in [-0.39, 0.29) is 18.3 Å². The Bertz CT molecular complexity index is 1020. The maximum absolute atomic E-state index is 12.7. The molecule has 2 aromatic carbocycles. The highest BCUT2D eigenvalue weighted by atomic mass is 32.1. The summed E-state index contributed by atoms with van der Waals surface area (Å²) < 4.78 is 3.27. The zero-order valence-corrected chi connectivity index (χ0v) is 15.8. The van der Waals surface area contributed by atoms with Crippen molar-refractivity contribution >= 4 is 29.6 Å². The number of nitrogens with one attached hydrogen (secondary N) is 1. The second-order valence-corrected chi connectivity index (χ2v) is 6.72. The topological polar surface area (TPSA) is 77.9 Å². The van der Waals surface area contributed by atoms with Crippen LogP contribution in [-0.4, -0.2) is 20.2 Å². The van der Waals surface area contributed by atoms with Crippen molar-refractivity contribution in [2.45, 2.75) is 27.3 Å². The number of aryl methyl sites for hydroxylation is 3. The number of carbonyl (C=O) groups is 1. The van der Waals surface area contributed by atoms with Crippen LogP contribution in [0.1, 0.15) is 27.0 Å². The van der Waals surface area contributed by atoms with Gasteiger partial charge < -0.3 is 5.73 Å². The number of Topliss-reactive ketones (excluding diaryl/α,β-unsaturated/α-hetero) is 1. The van der Waals surface area contributed by atoms with E-state index in [1.807, 2.05) is 63.2 Å². The van der Waals surface area contributed by atoms with Crippen molar-refractivity contribution in [1.29, 1.82) is 0 Å². The number of rotatable bonds is 5. The molecule has 7 heteroatoms. The van der Waals surface area contributed by atoms with Gasteiger partial charge in [0.05, 0.1) is 5.69 Å². The number of hydrogen-bond acceptors (Lipinski definition) is 5. The van der Waals surface area contributed by atoms with Gasteiger partial charge in [0.15, 0.2) is 5.78 Å². The molecule has 0 fully saturated rings. The standard InChI is InChI=1S/C19H21N5OS/c1-12-5-8-15(9-6-12)21-24-18(20)22-23(19(24)26)11-17(25)16-10-13(2)4-7-14(16)3/h4-10,21H,11H2,1-3H3,(H2,20,22). The Labute approximate surface area is 157 Å². The fourth-order valence-corrected chi connectivity index (χ4v) is 2.89. The van der Waals surface area contributed by atoms with Gasteiger partial charge in [0.25, 0.3) is 0 Å². The number of hydrogen-bond donors (Lipinski definition) is 2. The first-order chi connectivity index (χ1) is 12.3. The highest BCUT2D eigenvalue weighted by Crippen LogP contribution is 2.14. The molecule has 6 nitrogen and oxygen atoms in total. The normalized spacial score (nSPS) is 10.7. The molecule has 0 bridgehead atoms. The molecular weight excluding hydrogens is 346 g/mol. The number of nitrogens with two attached hydrogens (primary N) is 1. The lowest BCUT2D eigenvalue weighted by Gasteiger charge is -2.08. The smallest absolute Gasteiger partial charge is 0.240 e. The first kappa shape index (κ1) is 17.9. The third-order valence-corrected chi connectivity index (χ3v) is 4.54. The molecule has 0 aliphatic rings. The van der Waals surface area contributed by atoms with Crippen LogP contribution < -0.4 is 11.2 Å². The Morgan fingerprint density at radius 3 is 2.46 bits per heavy atom. The first-order valence-corrected chi connectivity index (χ1v) is 8.65. The molecular formula is C19H21N5OS. The molecule has 0 saturated carbocycles. The molecule has 0 saturated heterocycles. The van der Waals surface area contributed by atoms with Crippen molar-refractivity contribution in [3.05, 3.63) is 69.5 Å². The monoisotopic (exact) mass is 367 g/mol. The van der Waals surface area contributed by atoms with Gasteiger partial charge in [0, 0.05) is 5.56 Å². The summed E-state index contributed by atoms with van der Waals surface area (Å²) in [5, 5.41) is 4.21. The SMILES string of the molecule is Cc1ccc(Nn2c(N)nn(CC(=O)c3cc(C)ccc3C)c2=S)cc1. The number of nitrogen functional groups attached to an aromatic ring is 1. The van der Waals surface area contributed by atoms with Crippen LogP contribution in [-0.2, 0) is 6.54 Å². The highest BCUT2D eigenvalue weighted by Gasteiger charge is 2.14. The first-order valence-electron chi connectivity index (χ1n) is 8.24. The third kappa shape index (κ3) is 3.67. The minimum atomic E-state index is -0.0534. The Balaban J connectivity index is 1.86. The maximum Gasteiger partial charge on any atom is 0.240 e. The van der Waals surface area contributed by atoms with Crippen LogP contribution in [0.25, 0.3) is 0 Å². The Morgan fingerprint density at radius 1 is 1.12 bits per heavy atom. The lowest BCUT2D eigenvalue weighted by atomic mass is 10.0. The zero-order chi connectivity index (χ0) is 18.8. The summed E-state index contributed by atoms with van der Waals surface area (Å²) in [4.78, 5) is 12.7. The van der Waals surface area contributed by atoms with Gasteiger partial charge in [-0.3, -0.25) is 10.2 Å². The molecule has 0 amide bonds. The number of nitrogens with zero attached hydrogens (tertiary/aromatic N) is 3. The van der Waals surface area contributed by atoms with E-state index in [4.69, 9.17) is 18.0 Å². The van der Waals surface area contributed by atoms with E-state index in [1.165, 1.54) is 9.36 Å². The molecule has 1 aromatic heterocycles. The predicted octanol–water partition coefficient (Wildman–Crippen LogP) is 3.68. The average Bonchev–Trinajstić information content (AvgIpc) is 2.86. The molecule has 3 aromatic rings. The van der Waals surface area contributed by atoms with Crippen molar-refractivity contribution in [1.82, 2.24) is 14.5 Å². The molecule has 1 heterocycles. The second-order valence-electron chi connectivity index (χ2n) is 6.35. The molecule has 26 heavy (non-hydrogen) atoms. The van der Waals surface area contributed by atoms with Gasteiger partial charge in [0.2, 0.25) is 10.7 Å². The molecule has 0 unspecified atom stereocenters. The van der Waals surface area contributed by atoms with Crippen LogP contribution in [0, 0.1) is 25.5 Å². The van der Waals surface area contributed by atoms with Crippen LogP contribution in [0.5, 0.6) is 0 Å². The quantitative estimate of drug-likeness (QED) is 0.531. The fourth-order valence-electron chi connectivity index (χ4n) is 2.65. The van der Waals surface area contributed by atoms with Crippen LogP contribution >= 0.6 is 12.2 Å². The highest BCUT2D eigenvalue weighted by molar-refractivity contribution is 7.71. The summed E-state index contributed by atoms with van der Waals surface area (Å²) in [6.07, 6.45) is 0. The molecule has 134 valence electrons. The molecule has 0 radical (unpaired) electrons. The summed E-state index contributed by atoms with van der Waals surface area (Å²) in [6.45, 7) is 5.93. The van der Waals surface area contributed by atoms with E-state index >= 15 is 0 Å². The predicted molar refractivity (Wildman–Crippen MR) is 106 cm³/mol. The molecule has 3 rings (SSSR count). The number of ketones is 1. The minimum absolute atomic E-state index is 0.0376. The van der Waals surface area contributed by atoms with Crippen LogP contribution in [0.4, 0.5) is 11.6 Å². The van der Waals surface area contributed by atoms with Crippen LogP contribution in [0.2, 0.25) is 0 Å². The number of benzene rings is 2. The summed E-state index contributed by atoms with van der Waals surface area (Å²) in [6, 6.07) is 13.6. The second kappa shape index (κ2) is 7.13. The summed E-state index contributed by atoms with van der Waals surface area (Å²) >= 11 is 5.43. The Morgan fingerprint density at radius 2 is 1.77 bits per heavy atom. The van der Waals surface area contributed by atoms with Crippen molar-refractivity contribution in [3.8, 4) is 0 Å². The van der Waals surface area contributed by atoms with Gasteiger partial charge >= 0.3 is 0 Å². The lowest BCUT2D eigenvalue weighted by Crippen LogP contribution is -2.15. The molecule has 0 atom stereocenters. The number of carbonyl (C=O) groups excluding carboxylic acids is 1. The third-order valence-electron chi connectivity index (χ3n) is 4.14. The molecule has 0 aliphatic carbocycles. The summed E-state index contributed by atoms with van der Waals surface area (Å²) in [7, 11) is 0. The van der Waals surface area contributed by atoms with Gasteiger partial charge in [-0.05, 0) is 56.8 Å². The van der Waals surface area contributed by atoms with Crippen molar-refractivity contribution in [2.24, 2.45) is 0 Å². The lowest BCUT2D eigenvalue weighted by molar-refractivity contribution is 0.0966.